The second kappa shape index (κ2) is 9.23. The molecule has 0 aromatic heterocycles. The Kier molecular flexibility index (Phi) is 7.08. The molecule has 0 saturated carbocycles. The molecule has 0 saturated heterocycles. The van der Waals surface area contributed by atoms with Crippen molar-refractivity contribution in [1.82, 2.24) is 0 Å². The number of allylic oxidation sites excluding steroid dienone is 4. The van der Waals surface area contributed by atoms with Crippen LogP contribution >= 0.6 is 0 Å². The number of hydrogen-bond acceptors (Lipinski definition) is 0. The summed E-state index contributed by atoms with van der Waals surface area (Å²) in [5, 5.41) is 5.59. The molecule has 3 aromatic rings. The molecule has 0 aliphatic heterocycles. The van der Waals surface area contributed by atoms with Crippen molar-refractivity contribution in [3.05, 3.63) is 116 Å². The molecule has 0 heterocycles. The van der Waals surface area contributed by atoms with Gasteiger partial charge in [0.15, 0.2) is 0 Å². The maximum absolute atomic E-state index is 2.41. The third-order valence-electron chi connectivity index (χ3n) is 5.78. The van der Waals surface area contributed by atoms with Crippen molar-refractivity contribution in [2.24, 2.45) is 0 Å². The summed E-state index contributed by atoms with van der Waals surface area (Å²) in [6, 6.07) is 24.3. The summed E-state index contributed by atoms with van der Waals surface area (Å²) in [4.78, 5) is 0. The van der Waals surface area contributed by atoms with Crippen LogP contribution in [0.4, 0.5) is 0 Å². The number of halogens is 2. The SMILES string of the molecule is CC(C)=c1ccc2c(c1C1=CC(c3ccccc3)=CC1)[C]([Zr+2])=c1ccccc1=2.[Cl-].[Cl-]. The molecule has 3 aromatic carbocycles. The maximum atomic E-state index is 2.41. The molecule has 0 nitrogen and oxygen atoms in total. The Morgan fingerprint density at radius 3 is 2.10 bits per heavy atom. The van der Waals surface area contributed by atoms with E-state index in [1.807, 2.05) is 0 Å². The molecular weight excluding hydrogens is 486 g/mol. The van der Waals surface area contributed by atoms with Crippen LogP contribution in [0.15, 0.2) is 78.9 Å². The normalized spacial score (nSPS) is 13.5. The number of rotatable bonds is 2. The fraction of sp³-hybridized carbons (Fsp3) is 0.111. The maximum Gasteiger partial charge on any atom is -1.00 e. The Hall–Kier alpha value is -1.66. The molecule has 0 radical (unpaired) electrons. The average Bonchev–Trinajstić information content (AvgIpc) is 3.32. The minimum absolute atomic E-state index is 0. The molecule has 3 heteroatoms. The van der Waals surface area contributed by atoms with E-state index in [9.17, 15) is 0 Å². The third-order valence-corrected chi connectivity index (χ3v) is 7.06. The van der Waals surface area contributed by atoms with Crippen molar-refractivity contribution < 1.29 is 49.5 Å². The van der Waals surface area contributed by atoms with E-state index >= 15 is 0 Å². The van der Waals surface area contributed by atoms with Gasteiger partial charge in [0.2, 0.25) is 0 Å². The zero-order chi connectivity index (χ0) is 19.3. The van der Waals surface area contributed by atoms with Crippen LogP contribution in [0, 0.1) is 10.4 Å². The van der Waals surface area contributed by atoms with Crippen LogP contribution in [0.1, 0.15) is 37.0 Å². The fourth-order valence-electron chi connectivity index (χ4n) is 4.44. The standard InChI is InChI=1S/C27H21.2ClH.Zr/c1-18(2)23-14-15-25-24-11-7-6-10-21(24)17-26(25)27(23)22-13-12-20(16-22)19-8-4-3-5-9-19;;;/h3-12,14-16H,13H2,1-2H3;2*1H;/q;;;+2/p-2. The minimum Gasteiger partial charge on any atom is -1.00 e. The second-order valence-electron chi connectivity index (χ2n) is 7.73. The summed E-state index contributed by atoms with van der Waals surface area (Å²) in [6.45, 7) is 4.47. The smallest absolute Gasteiger partial charge is 1.00 e. The van der Waals surface area contributed by atoms with Gasteiger partial charge in [-0.15, -0.1) is 0 Å². The summed E-state index contributed by atoms with van der Waals surface area (Å²) in [5.41, 5.74) is 8.38. The van der Waals surface area contributed by atoms with Crippen LogP contribution in [0.2, 0.25) is 0 Å². The number of hydrogen-bond donors (Lipinski definition) is 0. The third kappa shape index (κ3) is 3.73. The second-order valence-corrected chi connectivity index (χ2v) is 8.96. The van der Waals surface area contributed by atoms with E-state index in [1.54, 1.807) is 0 Å². The zero-order valence-corrected chi connectivity index (χ0v) is 20.9. The van der Waals surface area contributed by atoms with Gasteiger partial charge >= 0.3 is 181 Å². The topological polar surface area (TPSA) is 0 Å². The molecule has 0 fully saturated rings. The molecular formula is C27H21Cl2Zr. The van der Waals surface area contributed by atoms with Crippen LogP contribution < -0.4 is 35.3 Å². The van der Waals surface area contributed by atoms with E-state index < -0.39 is 0 Å². The van der Waals surface area contributed by atoms with Gasteiger partial charge in [0, 0.05) is 0 Å². The molecule has 0 amide bonds. The Labute approximate surface area is 205 Å². The van der Waals surface area contributed by atoms with Crippen molar-refractivity contribution in [1.29, 1.82) is 0 Å². The Bertz CT molecular complexity index is 1390. The summed E-state index contributed by atoms with van der Waals surface area (Å²) >= 11 is 1.49. The van der Waals surface area contributed by atoms with E-state index in [1.165, 1.54) is 82.3 Å². The minimum atomic E-state index is 0. The van der Waals surface area contributed by atoms with Crippen LogP contribution in [0.3, 0.4) is 0 Å². The molecule has 147 valence electrons. The first-order valence-corrected chi connectivity index (χ1v) is 11.0. The van der Waals surface area contributed by atoms with Gasteiger partial charge in [-0.2, -0.15) is 0 Å². The fourth-order valence-corrected chi connectivity index (χ4v) is 5.61. The quantitative estimate of drug-likeness (QED) is 0.420. The molecule has 0 bridgehead atoms. The molecule has 0 spiro atoms. The first kappa shape index (κ1) is 23.0. The first-order valence-electron chi connectivity index (χ1n) is 9.78. The van der Waals surface area contributed by atoms with Crippen molar-refractivity contribution in [3.63, 3.8) is 0 Å². The van der Waals surface area contributed by atoms with E-state index in [0.29, 0.717) is 0 Å². The predicted molar refractivity (Wildman–Crippen MR) is 114 cm³/mol. The molecule has 30 heavy (non-hydrogen) atoms. The van der Waals surface area contributed by atoms with Crippen LogP contribution in [-0.2, 0) is 24.7 Å². The molecule has 0 unspecified atom stereocenters. The van der Waals surface area contributed by atoms with Gasteiger partial charge in [-0.3, -0.25) is 0 Å². The Morgan fingerprint density at radius 2 is 1.40 bits per heavy atom. The van der Waals surface area contributed by atoms with Crippen molar-refractivity contribution >= 4 is 20.0 Å². The van der Waals surface area contributed by atoms with Gasteiger partial charge in [-0.1, -0.05) is 0 Å². The van der Waals surface area contributed by atoms with Crippen molar-refractivity contribution in [2.45, 2.75) is 20.3 Å². The average molecular weight is 508 g/mol. The van der Waals surface area contributed by atoms with Gasteiger partial charge in [0.25, 0.3) is 0 Å². The number of fused-ring (bicyclic) bond motifs is 2. The van der Waals surface area contributed by atoms with E-state index in [2.05, 4.69) is 92.7 Å². The van der Waals surface area contributed by atoms with Crippen molar-refractivity contribution in [2.75, 3.05) is 0 Å². The Balaban J connectivity index is 0.00000128. The van der Waals surface area contributed by atoms with Gasteiger partial charge < -0.3 is 24.8 Å². The molecule has 2 aliphatic carbocycles. The number of benzene rings is 3. The van der Waals surface area contributed by atoms with Crippen LogP contribution in [0.5, 0.6) is 0 Å². The van der Waals surface area contributed by atoms with Gasteiger partial charge in [0.05, 0.1) is 0 Å². The predicted octanol–water partition coefficient (Wildman–Crippen LogP) is -0.941. The monoisotopic (exact) mass is 505 g/mol. The Morgan fingerprint density at radius 1 is 0.733 bits per heavy atom. The summed E-state index contributed by atoms with van der Waals surface area (Å²) in [6.07, 6.45) is 5.79. The summed E-state index contributed by atoms with van der Waals surface area (Å²) in [5.74, 6) is 0. The van der Waals surface area contributed by atoms with Crippen LogP contribution in [-0.4, -0.2) is 0 Å². The largest absolute Gasteiger partial charge is 1.00 e. The van der Waals surface area contributed by atoms with Gasteiger partial charge in [-0.25, -0.2) is 0 Å². The van der Waals surface area contributed by atoms with Crippen LogP contribution in [0.25, 0.3) is 20.0 Å². The van der Waals surface area contributed by atoms with Crippen molar-refractivity contribution in [3.8, 4) is 0 Å². The van der Waals surface area contributed by atoms with E-state index in [-0.39, 0.29) is 24.8 Å². The van der Waals surface area contributed by atoms with E-state index in [4.69, 9.17) is 0 Å². The van der Waals surface area contributed by atoms with Gasteiger partial charge in [-0.05, 0) is 0 Å². The first-order chi connectivity index (χ1) is 13.6. The molecule has 0 N–H and O–H groups in total. The molecule has 5 rings (SSSR count). The summed E-state index contributed by atoms with van der Waals surface area (Å²) in [7, 11) is 0. The zero-order valence-electron chi connectivity index (χ0n) is 17.0. The molecule has 2 aliphatic rings. The van der Waals surface area contributed by atoms with E-state index in [0.717, 1.165) is 6.42 Å². The van der Waals surface area contributed by atoms with Gasteiger partial charge in [0.1, 0.15) is 0 Å². The molecule has 0 atom stereocenters. The summed E-state index contributed by atoms with van der Waals surface area (Å²) < 4.78 is 1.49.